The van der Waals surface area contributed by atoms with Crippen LogP contribution in [0.15, 0.2) is 59.5 Å². The van der Waals surface area contributed by atoms with Crippen molar-refractivity contribution in [3.63, 3.8) is 0 Å². The number of carbonyl (C=O) groups is 1. The molecule has 2 N–H and O–H groups in total. The molecule has 30 heavy (non-hydrogen) atoms. The maximum absolute atomic E-state index is 13.3. The summed E-state index contributed by atoms with van der Waals surface area (Å²) in [7, 11) is -3.50. The first-order valence-electron chi connectivity index (χ1n) is 10.2. The van der Waals surface area contributed by atoms with Crippen molar-refractivity contribution >= 4 is 22.0 Å². The quantitative estimate of drug-likeness (QED) is 0.617. The highest BCUT2D eigenvalue weighted by atomic mass is 32.2. The Labute approximate surface area is 177 Å². The van der Waals surface area contributed by atoms with E-state index in [4.69, 9.17) is 0 Å². The van der Waals surface area contributed by atoms with Crippen LogP contribution in [-0.2, 0) is 14.8 Å². The Hall–Kier alpha value is -2.51. The van der Waals surface area contributed by atoms with E-state index in [-0.39, 0.29) is 22.7 Å². The summed E-state index contributed by atoms with van der Waals surface area (Å²) in [6.07, 6.45) is 7.43. The van der Waals surface area contributed by atoms with Gasteiger partial charge < -0.3 is 5.32 Å². The highest BCUT2D eigenvalue weighted by Gasteiger charge is 2.27. The molecular weight excluding hydrogens is 403 g/mol. The first kappa shape index (κ1) is 22.2. The molecule has 1 unspecified atom stereocenters. The summed E-state index contributed by atoms with van der Waals surface area (Å²) >= 11 is 0. The summed E-state index contributed by atoms with van der Waals surface area (Å²) in [5.74, 6) is -0.196. The molecule has 2 aromatic rings. The number of nitrogens with one attached hydrogen (secondary N) is 2. The van der Waals surface area contributed by atoms with Crippen LogP contribution in [0.4, 0.5) is 4.39 Å². The van der Waals surface area contributed by atoms with Gasteiger partial charge in [-0.25, -0.2) is 17.5 Å². The van der Waals surface area contributed by atoms with E-state index in [1.807, 2.05) is 0 Å². The lowest BCUT2D eigenvalue weighted by atomic mass is 9.91. The Morgan fingerprint density at radius 2 is 1.73 bits per heavy atom. The number of rotatable bonds is 8. The van der Waals surface area contributed by atoms with Crippen molar-refractivity contribution in [1.29, 1.82) is 0 Å². The fourth-order valence-electron chi connectivity index (χ4n) is 3.84. The van der Waals surface area contributed by atoms with E-state index in [0.29, 0.717) is 12.5 Å². The molecule has 0 radical (unpaired) electrons. The molecule has 1 aliphatic carbocycles. The van der Waals surface area contributed by atoms with Gasteiger partial charge in [0.25, 0.3) is 0 Å². The Balaban J connectivity index is 1.69. The topological polar surface area (TPSA) is 75.3 Å². The SMILES string of the molecule is CCNS(=O)(=O)c1ccc(/C=C/C(=O)NC(c2ccc(F)cc2)C2CCCC2)cc1. The molecule has 7 heteroatoms. The summed E-state index contributed by atoms with van der Waals surface area (Å²) in [6, 6.07) is 12.5. The number of benzene rings is 2. The van der Waals surface area contributed by atoms with Gasteiger partial charge in [-0.3, -0.25) is 4.79 Å². The molecule has 0 heterocycles. The van der Waals surface area contributed by atoms with Gasteiger partial charge in [0.2, 0.25) is 15.9 Å². The van der Waals surface area contributed by atoms with Crippen molar-refractivity contribution in [3.8, 4) is 0 Å². The molecule has 0 spiro atoms. The second-order valence-electron chi connectivity index (χ2n) is 7.49. The maximum Gasteiger partial charge on any atom is 0.244 e. The van der Waals surface area contributed by atoms with E-state index in [0.717, 1.165) is 36.8 Å². The van der Waals surface area contributed by atoms with Crippen LogP contribution in [-0.4, -0.2) is 20.9 Å². The highest BCUT2D eigenvalue weighted by molar-refractivity contribution is 7.89. The second-order valence-corrected chi connectivity index (χ2v) is 9.25. The number of hydrogen-bond donors (Lipinski definition) is 2. The molecule has 2 aromatic carbocycles. The third-order valence-corrected chi connectivity index (χ3v) is 6.91. The standard InChI is InChI=1S/C23H27FN2O3S/c1-2-25-30(28,29)21-14-7-17(8-15-21)9-16-22(27)26-23(18-5-3-4-6-18)19-10-12-20(24)13-11-19/h7-16,18,23,25H,2-6H2,1H3,(H,26,27)/b16-9+. The van der Waals surface area contributed by atoms with Crippen LogP contribution in [0.5, 0.6) is 0 Å². The lowest BCUT2D eigenvalue weighted by Crippen LogP contribution is -2.31. The lowest BCUT2D eigenvalue weighted by Gasteiger charge is -2.24. The van der Waals surface area contributed by atoms with Gasteiger partial charge in [-0.1, -0.05) is 44.0 Å². The largest absolute Gasteiger partial charge is 0.345 e. The molecule has 5 nitrogen and oxygen atoms in total. The summed E-state index contributed by atoms with van der Waals surface area (Å²) in [4.78, 5) is 12.7. The van der Waals surface area contributed by atoms with Crippen LogP contribution in [0, 0.1) is 11.7 Å². The minimum absolute atomic E-state index is 0.155. The minimum Gasteiger partial charge on any atom is -0.345 e. The van der Waals surface area contributed by atoms with Crippen molar-refractivity contribution in [2.45, 2.75) is 43.5 Å². The molecule has 1 amide bonds. The minimum atomic E-state index is -3.50. The van der Waals surface area contributed by atoms with Crippen LogP contribution in [0.3, 0.4) is 0 Å². The van der Waals surface area contributed by atoms with Crippen LogP contribution in [0.1, 0.15) is 49.8 Å². The summed E-state index contributed by atoms with van der Waals surface area (Å²) in [6.45, 7) is 2.04. The fraction of sp³-hybridized carbons (Fsp3) is 0.348. The van der Waals surface area contributed by atoms with Gasteiger partial charge in [0.15, 0.2) is 0 Å². The number of hydrogen-bond acceptors (Lipinski definition) is 3. The van der Waals surface area contributed by atoms with Gasteiger partial charge in [0, 0.05) is 12.6 Å². The van der Waals surface area contributed by atoms with Crippen LogP contribution in [0.2, 0.25) is 0 Å². The van der Waals surface area contributed by atoms with Gasteiger partial charge in [0.05, 0.1) is 10.9 Å². The molecule has 0 aliphatic heterocycles. The lowest BCUT2D eigenvalue weighted by molar-refractivity contribution is -0.117. The van der Waals surface area contributed by atoms with E-state index in [2.05, 4.69) is 10.0 Å². The zero-order valence-corrected chi connectivity index (χ0v) is 17.8. The van der Waals surface area contributed by atoms with E-state index in [1.165, 1.54) is 30.3 Å². The predicted octanol–water partition coefficient (Wildman–Crippen LogP) is 4.18. The average Bonchev–Trinajstić information content (AvgIpc) is 3.26. The van der Waals surface area contributed by atoms with Crippen LogP contribution in [0.25, 0.3) is 6.08 Å². The smallest absolute Gasteiger partial charge is 0.244 e. The molecule has 1 saturated carbocycles. The number of carbonyl (C=O) groups excluding carboxylic acids is 1. The van der Waals surface area contributed by atoms with E-state index >= 15 is 0 Å². The monoisotopic (exact) mass is 430 g/mol. The predicted molar refractivity (Wildman–Crippen MR) is 116 cm³/mol. The number of amides is 1. The molecule has 160 valence electrons. The van der Waals surface area contributed by atoms with E-state index in [9.17, 15) is 17.6 Å². The summed E-state index contributed by atoms with van der Waals surface area (Å²) in [5.41, 5.74) is 1.63. The van der Waals surface area contributed by atoms with Gasteiger partial charge in [-0.05, 0) is 60.2 Å². The van der Waals surface area contributed by atoms with Gasteiger partial charge >= 0.3 is 0 Å². The number of halogens is 1. The first-order chi connectivity index (χ1) is 14.4. The van der Waals surface area contributed by atoms with Gasteiger partial charge in [0.1, 0.15) is 5.82 Å². The Morgan fingerprint density at radius 1 is 1.10 bits per heavy atom. The van der Waals surface area contributed by atoms with Crippen LogP contribution >= 0.6 is 0 Å². The average molecular weight is 431 g/mol. The fourth-order valence-corrected chi connectivity index (χ4v) is 4.88. The molecule has 0 aromatic heterocycles. The van der Waals surface area contributed by atoms with Crippen molar-refractivity contribution in [2.75, 3.05) is 6.54 Å². The molecule has 0 saturated heterocycles. The van der Waals surface area contributed by atoms with Crippen molar-refractivity contribution < 1.29 is 17.6 Å². The van der Waals surface area contributed by atoms with E-state index in [1.54, 1.807) is 37.3 Å². The van der Waals surface area contributed by atoms with Gasteiger partial charge in [-0.2, -0.15) is 0 Å². The number of sulfonamides is 1. The van der Waals surface area contributed by atoms with Crippen molar-refractivity contribution in [2.24, 2.45) is 5.92 Å². The summed E-state index contributed by atoms with van der Waals surface area (Å²) in [5, 5.41) is 3.06. The molecule has 0 bridgehead atoms. The molecule has 1 atom stereocenters. The van der Waals surface area contributed by atoms with Crippen molar-refractivity contribution in [3.05, 3.63) is 71.6 Å². The third-order valence-electron chi connectivity index (χ3n) is 5.35. The first-order valence-corrected chi connectivity index (χ1v) is 11.7. The second kappa shape index (κ2) is 10.00. The Bertz CT molecular complexity index is 980. The molecule has 3 rings (SSSR count). The van der Waals surface area contributed by atoms with E-state index < -0.39 is 10.0 Å². The summed E-state index contributed by atoms with van der Waals surface area (Å²) < 4.78 is 39.7. The maximum atomic E-state index is 13.3. The zero-order chi connectivity index (χ0) is 21.6. The third kappa shape index (κ3) is 5.77. The highest BCUT2D eigenvalue weighted by Crippen LogP contribution is 2.35. The Morgan fingerprint density at radius 3 is 2.33 bits per heavy atom. The molecule has 1 aliphatic rings. The molecule has 1 fully saturated rings. The van der Waals surface area contributed by atoms with Crippen molar-refractivity contribution in [1.82, 2.24) is 10.0 Å². The van der Waals surface area contributed by atoms with Crippen LogP contribution < -0.4 is 10.0 Å². The normalized spacial score (nSPS) is 16.1. The van der Waals surface area contributed by atoms with Gasteiger partial charge in [-0.15, -0.1) is 0 Å². The molecular formula is C23H27FN2O3S. The Kier molecular flexibility index (Phi) is 7.39. The zero-order valence-electron chi connectivity index (χ0n) is 17.0.